The molecule has 0 fully saturated rings. The SMILES string of the molecule is CCCCOC(CCCC)C(C)OC(=O)O. The van der Waals surface area contributed by atoms with Gasteiger partial charge in [-0.3, -0.25) is 0 Å². The Balaban J connectivity index is 4.00. The molecule has 2 atom stereocenters. The second kappa shape index (κ2) is 9.46. The highest BCUT2D eigenvalue weighted by Crippen LogP contribution is 2.13. The Bertz CT molecular complexity index is 182. The molecule has 4 nitrogen and oxygen atoms in total. The van der Waals surface area contributed by atoms with Gasteiger partial charge in [0.25, 0.3) is 0 Å². The fraction of sp³-hybridized carbons (Fsp3) is 0.917. The summed E-state index contributed by atoms with van der Waals surface area (Å²) in [5.41, 5.74) is 0. The molecule has 0 amide bonds. The molecule has 0 aliphatic rings. The molecule has 0 spiro atoms. The molecular formula is C12H24O4. The quantitative estimate of drug-likeness (QED) is 0.488. The minimum atomic E-state index is -1.23. The molecule has 0 heterocycles. The van der Waals surface area contributed by atoms with Crippen molar-refractivity contribution in [2.45, 2.75) is 65.1 Å². The third-order valence-corrected chi connectivity index (χ3v) is 2.48. The van der Waals surface area contributed by atoms with E-state index in [1.807, 2.05) is 0 Å². The molecule has 4 heteroatoms. The van der Waals surface area contributed by atoms with Crippen LogP contribution in [0.15, 0.2) is 0 Å². The highest BCUT2D eigenvalue weighted by molar-refractivity contribution is 5.57. The Morgan fingerprint density at radius 1 is 1.25 bits per heavy atom. The first-order valence-corrected chi connectivity index (χ1v) is 6.13. The van der Waals surface area contributed by atoms with E-state index in [2.05, 4.69) is 13.8 Å². The zero-order chi connectivity index (χ0) is 12.4. The van der Waals surface area contributed by atoms with Crippen LogP contribution in [0.25, 0.3) is 0 Å². The maximum absolute atomic E-state index is 10.4. The highest BCUT2D eigenvalue weighted by Gasteiger charge is 2.20. The van der Waals surface area contributed by atoms with Gasteiger partial charge < -0.3 is 14.6 Å². The summed E-state index contributed by atoms with van der Waals surface area (Å²) in [5.74, 6) is 0. The molecule has 0 rings (SSSR count). The molecule has 0 aliphatic heterocycles. The summed E-state index contributed by atoms with van der Waals surface area (Å²) in [7, 11) is 0. The number of hydrogen-bond donors (Lipinski definition) is 1. The van der Waals surface area contributed by atoms with E-state index in [0.717, 1.165) is 32.1 Å². The van der Waals surface area contributed by atoms with Crippen LogP contribution in [0.4, 0.5) is 4.79 Å². The van der Waals surface area contributed by atoms with Gasteiger partial charge in [0.2, 0.25) is 0 Å². The van der Waals surface area contributed by atoms with Gasteiger partial charge in [-0.25, -0.2) is 4.79 Å². The van der Waals surface area contributed by atoms with Gasteiger partial charge in [-0.05, 0) is 19.8 Å². The first kappa shape index (κ1) is 15.2. The third-order valence-electron chi connectivity index (χ3n) is 2.48. The molecule has 0 aromatic heterocycles. The van der Waals surface area contributed by atoms with Crippen LogP contribution in [0.2, 0.25) is 0 Å². The lowest BCUT2D eigenvalue weighted by Gasteiger charge is -2.23. The first-order chi connectivity index (χ1) is 7.61. The zero-order valence-corrected chi connectivity index (χ0v) is 10.6. The second-order valence-electron chi connectivity index (χ2n) is 3.99. The number of unbranched alkanes of at least 4 members (excludes halogenated alkanes) is 2. The van der Waals surface area contributed by atoms with Gasteiger partial charge in [0.1, 0.15) is 6.10 Å². The molecule has 1 N–H and O–H groups in total. The van der Waals surface area contributed by atoms with Crippen molar-refractivity contribution in [1.82, 2.24) is 0 Å². The van der Waals surface area contributed by atoms with Crippen molar-refractivity contribution in [3.63, 3.8) is 0 Å². The van der Waals surface area contributed by atoms with E-state index in [4.69, 9.17) is 14.6 Å². The van der Waals surface area contributed by atoms with Gasteiger partial charge in [-0.2, -0.15) is 0 Å². The van der Waals surface area contributed by atoms with Crippen LogP contribution in [0, 0.1) is 0 Å². The minimum absolute atomic E-state index is 0.109. The molecule has 16 heavy (non-hydrogen) atoms. The van der Waals surface area contributed by atoms with Gasteiger partial charge in [0.15, 0.2) is 0 Å². The monoisotopic (exact) mass is 232 g/mol. The smallest absolute Gasteiger partial charge is 0.450 e. The van der Waals surface area contributed by atoms with E-state index in [-0.39, 0.29) is 12.2 Å². The fourth-order valence-electron chi connectivity index (χ4n) is 1.47. The van der Waals surface area contributed by atoms with Crippen LogP contribution in [0.3, 0.4) is 0 Å². The summed E-state index contributed by atoms with van der Waals surface area (Å²) >= 11 is 0. The lowest BCUT2D eigenvalue weighted by atomic mass is 10.1. The van der Waals surface area contributed by atoms with E-state index in [1.54, 1.807) is 6.92 Å². The zero-order valence-electron chi connectivity index (χ0n) is 10.6. The van der Waals surface area contributed by atoms with Crippen molar-refractivity contribution in [3.8, 4) is 0 Å². The van der Waals surface area contributed by atoms with E-state index in [1.165, 1.54) is 0 Å². The lowest BCUT2D eigenvalue weighted by Crippen LogP contribution is -2.31. The van der Waals surface area contributed by atoms with Crippen molar-refractivity contribution in [1.29, 1.82) is 0 Å². The van der Waals surface area contributed by atoms with E-state index < -0.39 is 6.16 Å². The maximum atomic E-state index is 10.4. The summed E-state index contributed by atoms with van der Waals surface area (Å²) in [6.45, 7) is 6.63. The van der Waals surface area contributed by atoms with Crippen LogP contribution >= 0.6 is 0 Å². The summed E-state index contributed by atoms with van der Waals surface area (Å²) in [6.07, 6.45) is 3.32. The van der Waals surface area contributed by atoms with Crippen molar-refractivity contribution >= 4 is 6.16 Å². The van der Waals surface area contributed by atoms with E-state index >= 15 is 0 Å². The average molecular weight is 232 g/mol. The number of carboxylic acid groups (broad SMARTS) is 1. The van der Waals surface area contributed by atoms with Crippen LogP contribution in [0.5, 0.6) is 0 Å². The number of ether oxygens (including phenoxy) is 2. The average Bonchev–Trinajstić information content (AvgIpc) is 2.22. The van der Waals surface area contributed by atoms with Crippen LogP contribution < -0.4 is 0 Å². The summed E-state index contributed by atoms with van der Waals surface area (Å²) in [4.78, 5) is 10.4. The predicted molar refractivity (Wildman–Crippen MR) is 62.7 cm³/mol. The Labute approximate surface area is 97.9 Å². The van der Waals surface area contributed by atoms with Crippen LogP contribution in [-0.4, -0.2) is 30.1 Å². The topological polar surface area (TPSA) is 55.8 Å². The number of rotatable bonds is 9. The van der Waals surface area contributed by atoms with Crippen LogP contribution in [0.1, 0.15) is 52.9 Å². The number of carbonyl (C=O) groups is 1. The van der Waals surface area contributed by atoms with Gasteiger partial charge in [0.05, 0.1) is 6.10 Å². The van der Waals surface area contributed by atoms with Crippen molar-refractivity contribution < 1.29 is 19.4 Å². The molecule has 0 aromatic rings. The Morgan fingerprint density at radius 3 is 2.38 bits per heavy atom. The second-order valence-corrected chi connectivity index (χ2v) is 3.99. The molecule has 96 valence electrons. The number of hydrogen-bond acceptors (Lipinski definition) is 3. The Hall–Kier alpha value is -0.770. The van der Waals surface area contributed by atoms with E-state index in [9.17, 15) is 4.79 Å². The standard InChI is InChI=1S/C12H24O4/c1-4-6-8-11(15-9-7-5-2)10(3)16-12(13)14/h10-11H,4-9H2,1-3H3,(H,13,14). The van der Waals surface area contributed by atoms with Gasteiger partial charge in [0, 0.05) is 6.61 Å². The molecule has 0 saturated heterocycles. The molecule has 0 bridgehead atoms. The fourth-order valence-corrected chi connectivity index (χ4v) is 1.47. The van der Waals surface area contributed by atoms with E-state index in [0.29, 0.717) is 6.61 Å². The van der Waals surface area contributed by atoms with Gasteiger partial charge in [-0.15, -0.1) is 0 Å². The molecule has 0 aromatic carbocycles. The Kier molecular flexibility index (Phi) is 9.00. The first-order valence-electron chi connectivity index (χ1n) is 6.13. The largest absolute Gasteiger partial charge is 0.506 e. The minimum Gasteiger partial charge on any atom is -0.450 e. The van der Waals surface area contributed by atoms with Gasteiger partial charge >= 0.3 is 6.16 Å². The van der Waals surface area contributed by atoms with Crippen molar-refractivity contribution in [2.75, 3.05) is 6.61 Å². The predicted octanol–water partition coefficient (Wildman–Crippen LogP) is 3.45. The maximum Gasteiger partial charge on any atom is 0.506 e. The normalized spacial score (nSPS) is 14.4. The summed E-state index contributed by atoms with van der Waals surface area (Å²) in [6, 6.07) is 0. The van der Waals surface area contributed by atoms with Crippen LogP contribution in [-0.2, 0) is 9.47 Å². The molecule has 2 unspecified atom stereocenters. The van der Waals surface area contributed by atoms with Crippen molar-refractivity contribution in [2.24, 2.45) is 0 Å². The lowest BCUT2D eigenvalue weighted by molar-refractivity contribution is -0.0534. The van der Waals surface area contributed by atoms with Gasteiger partial charge in [-0.1, -0.05) is 33.1 Å². The Morgan fingerprint density at radius 2 is 1.88 bits per heavy atom. The van der Waals surface area contributed by atoms with Crippen molar-refractivity contribution in [3.05, 3.63) is 0 Å². The highest BCUT2D eigenvalue weighted by atomic mass is 16.7. The molecule has 0 radical (unpaired) electrons. The third kappa shape index (κ3) is 7.51. The molecular weight excluding hydrogens is 208 g/mol. The summed E-state index contributed by atoms with van der Waals surface area (Å²) in [5, 5.41) is 8.55. The molecule has 0 aliphatic carbocycles. The molecule has 0 saturated carbocycles. The summed E-state index contributed by atoms with van der Waals surface area (Å²) < 4.78 is 10.4.